The van der Waals surface area contributed by atoms with E-state index in [9.17, 15) is 4.79 Å². The zero-order valence-electron chi connectivity index (χ0n) is 12.2. The normalized spacial score (nSPS) is 12.0. The molecule has 2 aromatic carbocycles. The summed E-state index contributed by atoms with van der Waals surface area (Å²) in [5.41, 5.74) is 3.22. The van der Waals surface area contributed by atoms with Gasteiger partial charge in [0.05, 0.1) is 12.2 Å². The van der Waals surface area contributed by atoms with Crippen molar-refractivity contribution in [2.24, 2.45) is 0 Å². The average molecular weight is 347 g/mol. The fourth-order valence-electron chi connectivity index (χ4n) is 2.19. The second kappa shape index (κ2) is 7.38. The number of aryl methyl sites for hydroxylation is 1. The number of rotatable bonds is 5. The van der Waals surface area contributed by atoms with E-state index in [4.69, 9.17) is 0 Å². The highest BCUT2D eigenvalue weighted by atomic mass is 79.9. The van der Waals surface area contributed by atoms with Gasteiger partial charge in [-0.05, 0) is 53.0 Å². The summed E-state index contributed by atoms with van der Waals surface area (Å²) < 4.78 is 0.880. The van der Waals surface area contributed by atoms with Crippen LogP contribution in [0.15, 0.2) is 53.0 Å². The van der Waals surface area contributed by atoms with Gasteiger partial charge in [-0.1, -0.05) is 36.4 Å². The van der Waals surface area contributed by atoms with Crippen molar-refractivity contribution in [3.05, 3.63) is 64.1 Å². The van der Waals surface area contributed by atoms with E-state index in [1.165, 1.54) is 11.1 Å². The molecule has 110 valence electrons. The molecule has 0 saturated carbocycles. The van der Waals surface area contributed by atoms with Gasteiger partial charge < -0.3 is 10.6 Å². The number of para-hydroxylation sites is 1. The lowest BCUT2D eigenvalue weighted by Crippen LogP contribution is -2.30. The van der Waals surface area contributed by atoms with Crippen LogP contribution in [0.3, 0.4) is 0 Å². The quantitative estimate of drug-likeness (QED) is 0.857. The van der Waals surface area contributed by atoms with Crippen LogP contribution < -0.4 is 10.6 Å². The van der Waals surface area contributed by atoms with Gasteiger partial charge >= 0.3 is 0 Å². The highest BCUT2D eigenvalue weighted by Crippen LogP contribution is 2.21. The van der Waals surface area contributed by atoms with Crippen molar-refractivity contribution in [2.45, 2.75) is 19.9 Å². The first-order chi connectivity index (χ1) is 10.1. The minimum atomic E-state index is -0.0534. The van der Waals surface area contributed by atoms with Crippen LogP contribution in [-0.2, 0) is 4.79 Å². The standard InChI is InChI=1S/C17H19BrN2O/c1-12-7-3-4-8-14(12)13(2)19-11-17(21)20-16-10-6-5-9-15(16)18/h3-10,13,19H,11H2,1-2H3,(H,20,21). The lowest BCUT2D eigenvalue weighted by Gasteiger charge is -2.16. The maximum Gasteiger partial charge on any atom is 0.238 e. The topological polar surface area (TPSA) is 41.1 Å². The van der Waals surface area contributed by atoms with Gasteiger partial charge in [0.2, 0.25) is 5.91 Å². The number of anilines is 1. The number of halogens is 1. The predicted octanol–water partition coefficient (Wildman–Crippen LogP) is 4.05. The highest BCUT2D eigenvalue weighted by molar-refractivity contribution is 9.10. The Labute approximate surface area is 133 Å². The van der Waals surface area contributed by atoms with Crippen molar-refractivity contribution in [2.75, 3.05) is 11.9 Å². The van der Waals surface area contributed by atoms with E-state index < -0.39 is 0 Å². The van der Waals surface area contributed by atoms with Gasteiger partial charge in [-0.2, -0.15) is 0 Å². The molecule has 1 atom stereocenters. The summed E-state index contributed by atoms with van der Waals surface area (Å²) in [4.78, 5) is 12.0. The molecule has 0 aliphatic rings. The zero-order chi connectivity index (χ0) is 15.2. The Morgan fingerprint density at radius 1 is 1.14 bits per heavy atom. The smallest absolute Gasteiger partial charge is 0.238 e. The maximum atomic E-state index is 12.0. The first-order valence-electron chi connectivity index (χ1n) is 6.91. The first kappa shape index (κ1) is 15.7. The summed E-state index contributed by atoms with van der Waals surface area (Å²) in [7, 11) is 0. The Bertz CT molecular complexity index is 628. The van der Waals surface area contributed by atoms with E-state index in [1.807, 2.05) is 36.4 Å². The molecule has 2 N–H and O–H groups in total. The summed E-state index contributed by atoms with van der Waals surface area (Å²) in [5.74, 6) is -0.0534. The summed E-state index contributed by atoms with van der Waals surface area (Å²) in [5, 5.41) is 6.14. The molecule has 4 heteroatoms. The molecule has 0 aromatic heterocycles. The van der Waals surface area contributed by atoms with E-state index >= 15 is 0 Å². The highest BCUT2D eigenvalue weighted by Gasteiger charge is 2.10. The minimum Gasteiger partial charge on any atom is -0.324 e. The van der Waals surface area contributed by atoms with Crippen LogP contribution in [0.5, 0.6) is 0 Å². The van der Waals surface area contributed by atoms with Crippen molar-refractivity contribution in [3.63, 3.8) is 0 Å². The van der Waals surface area contributed by atoms with Crippen LogP contribution >= 0.6 is 15.9 Å². The summed E-state index contributed by atoms with van der Waals surface area (Å²) in [6.45, 7) is 4.42. The number of benzene rings is 2. The largest absolute Gasteiger partial charge is 0.324 e. The Balaban J connectivity index is 1.90. The monoisotopic (exact) mass is 346 g/mol. The molecule has 0 aliphatic carbocycles. The fourth-order valence-corrected chi connectivity index (χ4v) is 2.57. The van der Waals surface area contributed by atoms with Gasteiger partial charge in [-0.3, -0.25) is 4.79 Å². The number of amides is 1. The minimum absolute atomic E-state index is 0.0534. The second-order valence-electron chi connectivity index (χ2n) is 4.99. The lowest BCUT2D eigenvalue weighted by molar-refractivity contribution is -0.115. The molecule has 1 unspecified atom stereocenters. The van der Waals surface area contributed by atoms with Gasteiger partial charge in [0.25, 0.3) is 0 Å². The van der Waals surface area contributed by atoms with E-state index in [0.29, 0.717) is 0 Å². The number of carbonyl (C=O) groups excluding carboxylic acids is 1. The molecule has 0 aliphatic heterocycles. The number of hydrogen-bond donors (Lipinski definition) is 2. The summed E-state index contributed by atoms with van der Waals surface area (Å²) in [6, 6.07) is 15.9. The van der Waals surface area contributed by atoms with Crippen molar-refractivity contribution in [1.82, 2.24) is 5.32 Å². The number of carbonyl (C=O) groups is 1. The van der Waals surface area contributed by atoms with Crippen LogP contribution in [-0.4, -0.2) is 12.5 Å². The molecule has 0 bridgehead atoms. The van der Waals surface area contributed by atoms with Crippen molar-refractivity contribution in [3.8, 4) is 0 Å². The molecule has 0 radical (unpaired) electrons. The Kier molecular flexibility index (Phi) is 5.53. The molecule has 0 fully saturated rings. The molecule has 2 rings (SSSR count). The van der Waals surface area contributed by atoms with E-state index in [0.717, 1.165) is 10.2 Å². The molecule has 3 nitrogen and oxygen atoms in total. The van der Waals surface area contributed by atoms with E-state index in [-0.39, 0.29) is 18.5 Å². The van der Waals surface area contributed by atoms with Crippen LogP contribution in [0.2, 0.25) is 0 Å². The molecule has 0 spiro atoms. The van der Waals surface area contributed by atoms with Gasteiger partial charge in [0.15, 0.2) is 0 Å². The SMILES string of the molecule is Cc1ccccc1C(C)NCC(=O)Nc1ccccc1Br. The first-order valence-corrected chi connectivity index (χ1v) is 7.70. The molecule has 1 amide bonds. The van der Waals surface area contributed by atoms with Gasteiger partial charge in [-0.15, -0.1) is 0 Å². The van der Waals surface area contributed by atoms with Crippen molar-refractivity contribution < 1.29 is 4.79 Å². The van der Waals surface area contributed by atoms with Gasteiger partial charge in [0, 0.05) is 10.5 Å². The third kappa shape index (κ3) is 4.41. The average Bonchev–Trinajstić information content (AvgIpc) is 2.48. The third-order valence-electron chi connectivity index (χ3n) is 3.37. The van der Waals surface area contributed by atoms with Gasteiger partial charge in [-0.25, -0.2) is 0 Å². The van der Waals surface area contributed by atoms with Gasteiger partial charge in [0.1, 0.15) is 0 Å². The van der Waals surface area contributed by atoms with Crippen LogP contribution in [0.1, 0.15) is 24.1 Å². The number of hydrogen-bond acceptors (Lipinski definition) is 2. The van der Waals surface area contributed by atoms with Crippen molar-refractivity contribution in [1.29, 1.82) is 0 Å². The lowest BCUT2D eigenvalue weighted by atomic mass is 10.0. The molecule has 0 heterocycles. The van der Waals surface area contributed by atoms with E-state index in [2.05, 4.69) is 52.5 Å². The predicted molar refractivity (Wildman–Crippen MR) is 90.4 cm³/mol. The Morgan fingerprint density at radius 3 is 2.52 bits per heavy atom. The summed E-state index contributed by atoms with van der Waals surface area (Å²) in [6.07, 6.45) is 0. The van der Waals surface area contributed by atoms with Crippen LogP contribution in [0.4, 0.5) is 5.69 Å². The third-order valence-corrected chi connectivity index (χ3v) is 4.06. The number of nitrogens with one attached hydrogen (secondary N) is 2. The zero-order valence-corrected chi connectivity index (χ0v) is 13.8. The molecular formula is C17H19BrN2O. The van der Waals surface area contributed by atoms with E-state index in [1.54, 1.807) is 0 Å². The Hall–Kier alpha value is -1.65. The fraction of sp³-hybridized carbons (Fsp3) is 0.235. The molecule has 21 heavy (non-hydrogen) atoms. The second-order valence-corrected chi connectivity index (χ2v) is 5.84. The van der Waals surface area contributed by atoms with Crippen LogP contribution in [0.25, 0.3) is 0 Å². The van der Waals surface area contributed by atoms with Crippen LogP contribution in [0, 0.1) is 6.92 Å². The molecule has 2 aromatic rings. The molecular weight excluding hydrogens is 328 g/mol. The maximum absolute atomic E-state index is 12.0. The van der Waals surface area contributed by atoms with Crippen molar-refractivity contribution >= 4 is 27.5 Å². The molecule has 0 saturated heterocycles. The Morgan fingerprint density at radius 2 is 1.81 bits per heavy atom. The summed E-state index contributed by atoms with van der Waals surface area (Å²) >= 11 is 3.42.